The summed E-state index contributed by atoms with van der Waals surface area (Å²) in [7, 11) is 0. The highest BCUT2D eigenvalue weighted by Gasteiger charge is 2.19. The molecule has 0 saturated carbocycles. The zero-order chi connectivity index (χ0) is 9.68. The summed E-state index contributed by atoms with van der Waals surface area (Å²) in [6, 6.07) is 0. The van der Waals surface area contributed by atoms with Crippen molar-refractivity contribution in [2.75, 3.05) is 13.1 Å². The average Bonchev–Trinajstić information content (AvgIpc) is 2.24. The number of likely N-dealkylation sites (tertiary alicyclic amines) is 1. The van der Waals surface area contributed by atoms with Gasteiger partial charge in [0.25, 0.3) is 0 Å². The summed E-state index contributed by atoms with van der Waals surface area (Å²) < 4.78 is 0. The molecule has 13 heavy (non-hydrogen) atoms. The van der Waals surface area contributed by atoms with Gasteiger partial charge in [0.15, 0.2) is 0 Å². The summed E-state index contributed by atoms with van der Waals surface area (Å²) in [4.78, 5) is 13.7. The highest BCUT2D eigenvalue weighted by Crippen LogP contribution is 2.17. The lowest BCUT2D eigenvalue weighted by molar-refractivity contribution is -0.131. The quantitative estimate of drug-likeness (QED) is 0.658. The smallest absolute Gasteiger partial charge is 0.222 e. The normalized spacial score (nSPS) is 24.6. The van der Waals surface area contributed by atoms with Gasteiger partial charge in [-0.25, -0.2) is 0 Å². The van der Waals surface area contributed by atoms with Crippen LogP contribution in [-0.2, 0) is 4.79 Å². The maximum atomic E-state index is 11.7. The van der Waals surface area contributed by atoms with Crippen LogP contribution in [0.1, 0.15) is 46.0 Å². The fourth-order valence-electron chi connectivity index (χ4n) is 1.87. The maximum Gasteiger partial charge on any atom is 0.222 e. The van der Waals surface area contributed by atoms with Crippen LogP contribution in [0.3, 0.4) is 0 Å². The van der Waals surface area contributed by atoms with Crippen molar-refractivity contribution in [2.45, 2.75) is 46.0 Å². The molecule has 1 saturated heterocycles. The van der Waals surface area contributed by atoms with Crippen molar-refractivity contribution in [1.82, 2.24) is 4.90 Å². The molecule has 1 fully saturated rings. The van der Waals surface area contributed by atoms with Crippen molar-refractivity contribution in [3.05, 3.63) is 0 Å². The van der Waals surface area contributed by atoms with E-state index in [-0.39, 0.29) is 0 Å². The van der Waals surface area contributed by atoms with Gasteiger partial charge < -0.3 is 4.90 Å². The van der Waals surface area contributed by atoms with Crippen LogP contribution >= 0.6 is 0 Å². The molecule has 2 heteroatoms. The zero-order valence-electron chi connectivity index (χ0n) is 8.88. The lowest BCUT2D eigenvalue weighted by Crippen LogP contribution is -2.31. The molecule has 0 radical (unpaired) electrons. The molecular formula is C11H21NO. The minimum Gasteiger partial charge on any atom is -0.343 e. The minimum absolute atomic E-state index is 0.374. The first-order chi connectivity index (χ1) is 6.24. The molecule has 0 aliphatic carbocycles. The molecule has 0 aromatic heterocycles. The summed E-state index contributed by atoms with van der Waals surface area (Å²) >= 11 is 0. The number of rotatable bonds is 3. The van der Waals surface area contributed by atoms with Gasteiger partial charge in [0.2, 0.25) is 5.91 Å². The van der Waals surface area contributed by atoms with Gasteiger partial charge in [-0.1, -0.05) is 20.3 Å². The van der Waals surface area contributed by atoms with Gasteiger partial charge in [0.05, 0.1) is 0 Å². The molecular weight excluding hydrogens is 162 g/mol. The number of carbonyl (C=O) groups excluding carboxylic acids is 1. The van der Waals surface area contributed by atoms with E-state index in [1.807, 2.05) is 4.90 Å². The number of unbranched alkanes of at least 4 members (excludes halogenated alkanes) is 1. The fourth-order valence-corrected chi connectivity index (χ4v) is 1.87. The molecule has 1 rings (SSSR count). The van der Waals surface area contributed by atoms with Crippen LogP contribution in [0, 0.1) is 5.92 Å². The second-order valence-corrected chi connectivity index (χ2v) is 4.19. The Morgan fingerprint density at radius 3 is 3.00 bits per heavy atom. The predicted molar refractivity (Wildman–Crippen MR) is 54.5 cm³/mol. The van der Waals surface area contributed by atoms with E-state index < -0.39 is 0 Å². The second-order valence-electron chi connectivity index (χ2n) is 4.19. The third-order valence-corrected chi connectivity index (χ3v) is 2.78. The van der Waals surface area contributed by atoms with Crippen LogP contribution in [0.15, 0.2) is 0 Å². The Morgan fingerprint density at radius 2 is 2.31 bits per heavy atom. The highest BCUT2D eigenvalue weighted by atomic mass is 16.2. The topological polar surface area (TPSA) is 20.3 Å². The molecule has 1 atom stereocenters. The van der Waals surface area contributed by atoms with Crippen LogP contribution in [-0.4, -0.2) is 23.9 Å². The van der Waals surface area contributed by atoms with Gasteiger partial charge >= 0.3 is 0 Å². The lowest BCUT2D eigenvalue weighted by Gasteiger charge is -2.19. The Bertz CT molecular complexity index is 165. The number of carbonyl (C=O) groups is 1. The number of hydrogen-bond acceptors (Lipinski definition) is 1. The fraction of sp³-hybridized carbons (Fsp3) is 0.909. The average molecular weight is 183 g/mol. The van der Waals surface area contributed by atoms with Crippen LogP contribution in [0.5, 0.6) is 0 Å². The summed E-state index contributed by atoms with van der Waals surface area (Å²) in [5, 5.41) is 0. The highest BCUT2D eigenvalue weighted by molar-refractivity contribution is 5.76. The number of amides is 1. The summed E-state index contributed by atoms with van der Waals surface area (Å²) in [6.07, 6.45) is 5.51. The van der Waals surface area contributed by atoms with E-state index in [0.29, 0.717) is 11.8 Å². The van der Waals surface area contributed by atoms with Gasteiger partial charge in [0.1, 0.15) is 0 Å². The van der Waals surface area contributed by atoms with Crippen molar-refractivity contribution < 1.29 is 4.79 Å². The van der Waals surface area contributed by atoms with E-state index in [0.717, 1.165) is 25.9 Å². The first kappa shape index (κ1) is 10.6. The maximum absolute atomic E-state index is 11.7. The number of hydrogen-bond donors (Lipinski definition) is 0. The van der Waals surface area contributed by atoms with Crippen molar-refractivity contribution >= 4 is 5.91 Å². The Labute approximate surface area is 81.3 Å². The molecule has 1 unspecified atom stereocenters. The molecule has 0 N–H and O–H groups in total. The molecule has 1 aliphatic heterocycles. The third kappa shape index (κ3) is 3.37. The first-order valence-corrected chi connectivity index (χ1v) is 5.51. The largest absolute Gasteiger partial charge is 0.343 e. The van der Waals surface area contributed by atoms with Gasteiger partial charge in [-0.3, -0.25) is 4.79 Å². The van der Waals surface area contributed by atoms with E-state index in [2.05, 4.69) is 13.8 Å². The monoisotopic (exact) mass is 183 g/mol. The summed E-state index contributed by atoms with van der Waals surface area (Å²) in [6.45, 7) is 6.32. The molecule has 1 aliphatic rings. The molecule has 0 aromatic carbocycles. The van der Waals surface area contributed by atoms with Crippen LogP contribution < -0.4 is 0 Å². The van der Waals surface area contributed by atoms with Gasteiger partial charge in [-0.05, 0) is 25.2 Å². The lowest BCUT2D eigenvalue weighted by atomic mass is 10.0. The van der Waals surface area contributed by atoms with Crippen molar-refractivity contribution in [2.24, 2.45) is 5.92 Å². The Morgan fingerprint density at radius 1 is 1.54 bits per heavy atom. The molecule has 2 nitrogen and oxygen atoms in total. The molecule has 76 valence electrons. The minimum atomic E-state index is 0.374. The zero-order valence-corrected chi connectivity index (χ0v) is 8.88. The SMILES string of the molecule is CCCCN1CCCC(C)CC1=O. The molecule has 1 heterocycles. The standard InChI is InChI=1S/C11H21NO/c1-3-4-7-12-8-5-6-10(2)9-11(12)13/h10H,3-9H2,1-2H3. The molecule has 0 aromatic rings. The van der Waals surface area contributed by atoms with Crippen LogP contribution in [0.2, 0.25) is 0 Å². The van der Waals surface area contributed by atoms with Gasteiger partial charge in [0, 0.05) is 19.5 Å². The van der Waals surface area contributed by atoms with E-state index in [9.17, 15) is 4.79 Å². The van der Waals surface area contributed by atoms with Gasteiger partial charge in [-0.15, -0.1) is 0 Å². The Kier molecular flexibility index (Phi) is 4.26. The predicted octanol–water partition coefficient (Wildman–Crippen LogP) is 2.44. The van der Waals surface area contributed by atoms with Crippen molar-refractivity contribution in [1.29, 1.82) is 0 Å². The van der Waals surface area contributed by atoms with Crippen molar-refractivity contribution in [3.8, 4) is 0 Å². The third-order valence-electron chi connectivity index (χ3n) is 2.78. The van der Waals surface area contributed by atoms with E-state index in [1.165, 1.54) is 19.3 Å². The van der Waals surface area contributed by atoms with Gasteiger partial charge in [-0.2, -0.15) is 0 Å². The second kappa shape index (κ2) is 5.25. The Hall–Kier alpha value is -0.530. The summed E-state index contributed by atoms with van der Waals surface area (Å²) in [5.74, 6) is 0.970. The first-order valence-electron chi connectivity index (χ1n) is 5.51. The molecule has 0 spiro atoms. The van der Waals surface area contributed by atoms with Crippen molar-refractivity contribution in [3.63, 3.8) is 0 Å². The van der Waals surface area contributed by atoms with E-state index in [1.54, 1.807) is 0 Å². The van der Waals surface area contributed by atoms with Crippen LogP contribution in [0.4, 0.5) is 0 Å². The van der Waals surface area contributed by atoms with E-state index >= 15 is 0 Å². The summed E-state index contributed by atoms with van der Waals surface area (Å²) in [5.41, 5.74) is 0. The number of nitrogens with zero attached hydrogens (tertiary/aromatic N) is 1. The van der Waals surface area contributed by atoms with E-state index in [4.69, 9.17) is 0 Å². The van der Waals surface area contributed by atoms with Crippen LogP contribution in [0.25, 0.3) is 0 Å². The molecule has 0 bridgehead atoms. The molecule has 1 amide bonds. The Balaban J connectivity index is 2.39.